The van der Waals surface area contributed by atoms with Crippen molar-refractivity contribution in [1.29, 1.82) is 0 Å². The summed E-state index contributed by atoms with van der Waals surface area (Å²) in [6.07, 6.45) is 10.1. The summed E-state index contributed by atoms with van der Waals surface area (Å²) >= 11 is 0. The van der Waals surface area contributed by atoms with E-state index in [1.54, 1.807) is 0 Å². The Kier molecular flexibility index (Phi) is 6.21. The fourth-order valence-electron chi connectivity index (χ4n) is 3.28. The molecule has 0 radical (unpaired) electrons. The van der Waals surface area contributed by atoms with Crippen molar-refractivity contribution in [3.8, 4) is 0 Å². The zero-order valence-electron chi connectivity index (χ0n) is 11.4. The lowest BCUT2D eigenvalue weighted by Gasteiger charge is -2.33. The van der Waals surface area contributed by atoms with Crippen LogP contribution in [0.25, 0.3) is 0 Å². The van der Waals surface area contributed by atoms with E-state index in [1.165, 1.54) is 18.4 Å². The molecule has 17 heavy (non-hydrogen) atoms. The molecular formula is C15H28O2. The van der Waals surface area contributed by atoms with E-state index in [4.69, 9.17) is 5.11 Å². The summed E-state index contributed by atoms with van der Waals surface area (Å²) in [4.78, 5) is 0. The second-order valence-corrected chi connectivity index (χ2v) is 5.80. The Hall–Kier alpha value is -0.340. The van der Waals surface area contributed by atoms with Crippen molar-refractivity contribution in [1.82, 2.24) is 0 Å². The van der Waals surface area contributed by atoms with E-state index in [0.29, 0.717) is 12.5 Å². The molecule has 2 atom stereocenters. The molecule has 0 bridgehead atoms. The molecule has 0 unspecified atom stereocenters. The van der Waals surface area contributed by atoms with Gasteiger partial charge in [0.1, 0.15) is 0 Å². The Morgan fingerprint density at radius 2 is 2.12 bits per heavy atom. The first-order valence-electron chi connectivity index (χ1n) is 7.00. The fourth-order valence-corrected chi connectivity index (χ4v) is 3.28. The Balaban J connectivity index is 2.47. The zero-order chi connectivity index (χ0) is 12.7. The van der Waals surface area contributed by atoms with Gasteiger partial charge in [0, 0.05) is 13.2 Å². The minimum Gasteiger partial charge on any atom is -0.396 e. The first-order valence-corrected chi connectivity index (χ1v) is 7.00. The van der Waals surface area contributed by atoms with Gasteiger partial charge in [-0.05, 0) is 63.7 Å². The van der Waals surface area contributed by atoms with Crippen LogP contribution in [0.15, 0.2) is 11.6 Å². The number of hydrogen-bond acceptors (Lipinski definition) is 2. The van der Waals surface area contributed by atoms with Crippen molar-refractivity contribution in [2.24, 2.45) is 11.3 Å². The summed E-state index contributed by atoms with van der Waals surface area (Å²) in [6, 6.07) is 0. The SMILES string of the molecule is CC(C)=CCCC[C@@]1(CO)CCC[C@H]1CCO. The van der Waals surface area contributed by atoms with Gasteiger partial charge in [0.2, 0.25) is 0 Å². The molecule has 2 heteroatoms. The third kappa shape index (κ3) is 4.11. The molecule has 1 aliphatic rings. The highest BCUT2D eigenvalue weighted by atomic mass is 16.3. The summed E-state index contributed by atoms with van der Waals surface area (Å²) < 4.78 is 0. The molecule has 1 fully saturated rings. The molecule has 2 nitrogen and oxygen atoms in total. The van der Waals surface area contributed by atoms with Gasteiger partial charge in [-0.2, -0.15) is 0 Å². The van der Waals surface area contributed by atoms with Crippen LogP contribution in [0.5, 0.6) is 0 Å². The Bertz CT molecular complexity index is 243. The largest absolute Gasteiger partial charge is 0.396 e. The molecule has 2 N–H and O–H groups in total. The van der Waals surface area contributed by atoms with Crippen molar-refractivity contribution < 1.29 is 10.2 Å². The first-order chi connectivity index (χ1) is 8.14. The first kappa shape index (κ1) is 14.7. The zero-order valence-corrected chi connectivity index (χ0v) is 11.4. The van der Waals surface area contributed by atoms with Gasteiger partial charge in [0.25, 0.3) is 0 Å². The van der Waals surface area contributed by atoms with E-state index in [2.05, 4.69) is 19.9 Å². The van der Waals surface area contributed by atoms with Crippen LogP contribution >= 0.6 is 0 Å². The van der Waals surface area contributed by atoms with Crippen LogP contribution in [0, 0.1) is 11.3 Å². The van der Waals surface area contributed by atoms with Crippen LogP contribution in [0.3, 0.4) is 0 Å². The van der Waals surface area contributed by atoms with Crippen molar-refractivity contribution in [2.45, 2.75) is 58.8 Å². The van der Waals surface area contributed by atoms with Gasteiger partial charge in [0.05, 0.1) is 0 Å². The Morgan fingerprint density at radius 1 is 1.35 bits per heavy atom. The molecule has 0 aliphatic heterocycles. The number of unbranched alkanes of at least 4 members (excludes halogenated alkanes) is 1. The fraction of sp³-hybridized carbons (Fsp3) is 0.867. The molecule has 0 aromatic carbocycles. The predicted molar refractivity (Wildman–Crippen MR) is 71.8 cm³/mol. The molecule has 0 aromatic heterocycles. The normalized spacial score (nSPS) is 28.4. The summed E-state index contributed by atoms with van der Waals surface area (Å²) in [5.74, 6) is 0.532. The van der Waals surface area contributed by atoms with E-state index in [0.717, 1.165) is 32.1 Å². The van der Waals surface area contributed by atoms with E-state index in [9.17, 15) is 5.11 Å². The summed E-state index contributed by atoms with van der Waals surface area (Å²) in [5, 5.41) is 18.8. The number of aliphatic hydroxyl groups is 2. The summed E-state index contributed by atoms with van der Waals surface area (Å²) in [7, 11) is 0. The second-order valence-electron chi connectivity index (χ2n) is 5.80. The second kappa shape index (κ2) is 7.17. The van der Waals surface area contributed by atoms with Crippen molar-refractivity contribution >= 4 is 0 Å². The van der Waals surface area contributed by atoms with E-state index in [1.807, 2.05) is 0 Å². The third-order valence-corrected chi connectivity index (χ3v) is 4.32. The van der Waals surface area contributed by atoms with Gasteiger partial charge >= 0.3 is 0 Å². The van der Waals surface area contributed by atoms with Crippen LogP contribution in [-0.4, -0.2) is 23.4 Å². The molecule has 0 saturated heterocycles. The minimum absolute atomic E-state index is 0.109. The van der Waals surface area contributed by atoms with Crippen LogP contribution in [0.2, 0.25) is 0 Å². The smallest absolute Gasteiger partial charge is 0.0490 e. The maximum absolute atomic E-state index is 9.73. The molecule has 0 aromatic rings. The maximum Gasteiger partial charge on any atom is 0.0490 e. The molecule has 1 rings (SSSR count). The monoisotopic (exact) mass is 240 g/mol. The average Bonchev–Trinajstić information content (AvgIpc) is 2.69. The number of allylic oxidation sites excluding steroid dienone is 2. The Morgan fingerprint density at radius 3 is 2.71 bits per heavy atom. The van der Waals surface area contributed by atoms with Gasteiger partial charge < -0.3 is 10.2 Å². The number of hydrogen-bond donors (Lipinski definition) is 2. The van der Waals surface area contributed by atoms with Crippen molar-refractivity contribution in [2.75, 3.05) is 13.2 Å². The lowest BCUT2D eigenvalue weighted by atomic mass is 9.73. The highest BCUT2D eigenvalue weighted by molar-refractivity contribution is 4.95. The van der Waals surface area contributed by atoms with Crippen LogP contribution < -0.4 is 0 Å². The van der Waals surface area contributed by atoms with E-state index in [-0.39, 0.29) is 12.0 Å². The van der Waals surface area contributed by atoms with Gasteiger partial charge in [-0.1, -0.05) is 18.1 Å². The van der Waals surface area contributed by atoms with Crippen LogP contribution in [0.1, 0.15) is 58.8 Å². The summed E-state index contributed by atoms with van der Waals surface area (Å²) in [5.41, 5.74) is 1.49. The van der Waals surface area contributed by atoms with Gasteiger partial charge in [-0.25, -0.2) is 0 Å². The number of aliphatic hydroxyl groups excluding tert-OH is 2. The van der Waals surface area contributed by atoms with Gasteiger partial charge in [-0.15, -0.1) is 0 Å². The van der Waals surface area contributed by atoms with Crippen LogP contribution in [-0.2, 0) is 0 Å². The molecular weight excluding hydrogens is 212 g/mol. The predicted octanol–water partition coefficient (Wildman–Crippen LogP) is 3.28. The third-order valence-electron chi connectivity index (χ3n) is 4.32. The molecule has 1 saturated carbocycles. The van der Waals surface area contributed by atoms with E-state index < -0.39 is 0 Å². The molecule has 0 heterocycles. The van der Waals surface area contributed by atoms with E-state index >= 15 is 0 Å². The lowest BCUT2D eigenvalue weighted by Crippen LogP contribution is -2.30. The molecule has 100 valence electrons. The Labute approximate surface area is 106 Å². The summed E-state index contributed by atoms with van der Waals surface area (Å²) in [6.45, 7) is 4.82. The van der Waals surface area contributed by atoms with Gasteiger partial charge in [0.15, 0.2) is 0 Å². The highest BCUT2D eigenvalue weighted by Gasteiger charge is 2.40. The molecule has 0 amide bonds. The standard InChI is InChI=1S/C15H28O2/c1-13(2)6-3-4-9-15(12-17)10-5-7-14(15)8-11-16/h6,14,16-17H,3-5,7-12H2,1-2H3/t14-,15-/m0/s1. The molecule has 0 spiro atoms. The lowest BCUT2D eigenvalue weighted by molar-refractivity contribution is 0.0592. The topological polar surface area (TPSA) is 40.5 Å². The maximum atomic E-state index is 9.73. The average molecular weight is 240 g/mol. The van der Waals surface area contributed by atoms with Crippen molar-refractivity contribution in [3.05, 3.63) is 11.6 Å². The minimum atomic E-state index is 0.109. The quantitative estimate of drug-likeness (QED) is 0.529. The highest BCUT2D eigenvalue weighted by Crippen LogP contribution is 2.48. The number of rotatable bonds is 7. The van der Waals surface area contributed by atoms with Crippen molar-refractivity contribution in [3.63, 3.8) is 0 Å². The van der Waals surface area contributed by atoms with Gasteiger partial charge in [-0.3, -0.25) is 0 Å². The van der Waals surface area contributed by atoms with Crippen LogP contribution in [0.4, 0.5) is 0 Å². The molecule has 1 aliphatic carbocycles.